The Kier molecular flexibility index (Phi) is 5.80. The maximum atomic E-state index is 13.2. The fourth-order valence-electron chi connectivity index (χ4n) is 2.05. The molecule has 2 rings (SSSR count). The summed E-state index contributed by atoms with van der Waals surface area (Å²) in [6.07, 6.45) is -3.72. The maximum absolute atomic E-state index is 13.2. The van der Waals surface area contributed by atoms with Gasteiger partial charge in [0, 0.05) is 23.9 Å². The average Bonchev–Trinajstić information content (AvgIpc) is 2.59. The summed E-state index contributed by atoms with van der Waals surface area (Å²) in [5.74, 6) is -7.12. The van der Waals surface area contributed by atoms with Crippen molar-refractivity contribution < 1.29 is 27.5 Å². The van der Waals surface area contributed by atoms with Gasteiger partial charge in [-0.1, -0.05) is 42.5 Å². The van der Waals surface area contributed by atoms with E-state index in [1.807, 2.05) is 0 Å². The number of nitrogens with one attached hydrogen (secondary N) is 1. The Bertz CT molecular complexity index is 761. The summed E-state index contributed by atoms with van der Waals surface area (Å²) in [6.45, 7) is 0.147. The summed E-state index contributed by atoms with van der Waals surface area (Å²) in [7, 11) is 0. The molecule has 2 N–H and O–H groups in total. The third-order valence-corrected chi connectivity index (χ3v) is 3.40. The zero-order valence-electron chi connectivity index (χ0n) is 12.9. The van der Waals surface area contributed by atoms with Crippen molar-refractivity contribution in [1.82, 2.24) is 5.32 Å². The van der Waals surface area contributed by atoms with Crippen molar-refractivity contribution in [2.45, 2.75) is 18.9 Å². The molecule has 0 radical (unpaired) electrons. The molecule has 2 aromatic rings. The highest BCUT2D eigenvalue weighted by atomic mass is 19.3. The van der Waals surface area contributed by atoms with Crippen LogP contribution in [0, 0.1) is 0 Å². The zero-order valence-corrected chi connectivity index (χ0v) is 12.9. The first-order chi connectivity index (χ1) is 11.8. The Hall–Kier alpha value is -2.83. The molecule has 0 saturated carbocycles. The number of hydrogen-bond acceptors (Lipinski definition) is 3. The molecule has 2 aromatic carbocycles. The van der Waals surface area contributed by atoms with Gasteiger partial charge in [-0.2, -0.15) is 8.78 Å². The molecule has 0 aliphatic heterocycles. The summed E-state index contributed by atoms with van der Waals surface area (Å²) >= 11 is 0. The van der Waals surface area contributed by atoms with Gasteiger partial charge in [0.05, 0.1) is 0 Å². The van der Waals surface area contributed by atoms with Gasteiger partial charge in [-0.05, 0) is 17.7 Å². The number of benzene rings is 2. The predicted molar refractivity (Wildman–Crippen MR) is 85.3 cm³/mol. The highest BCUT2D eigenvalue weighted by Crippen LogP contribution is 2.28. The molecule has 0 bridgehead atoms. The van der Waals surface area contributed by atoms with Gasteiger partial charge in [-0.15, -0.1) is 0 Å². The first-order valence-corrected chi connectivity index (χ1v) is 7.30. The summed E-state index contributed by atoms with van der Waals surface area (Å²) in [5.41, 5.74) is 0.654. The number of carbonyl (C=O) groups excluding carboxylic acids is 1. The SMILES string of the molecule is O=C(/C=C(\NCc1ccccc1)c1ccccc1O)C(F)(F)C(F)F. The van der Waals surface area contributed by atoms with E-state index in [0.717, 1.165) is 5.56 Å². The van der Waals surface area contributed by atoms with Gasteiger partial charge in [0.1, 0.15) is 5.75 Å². The number of phenolic OH excluding ortho intramolecular Hbond substituents is 1. The summed E-state index contributed by atoms with van der Waals surface area (Å²) in [5, 5.41) is 12.6. The van der Waals surface area contributed by atoms with Crippen LogP contribution in [0.25, 0.3) is 5.70 Å². The molecule has 0 unspecified atom stereocenters. The van der Waals surface area contributed by atoms with Crippen LogP contribution in [0.4, 0.5) is 17.6 Å². The molecule has 0 fully saturated rings. The van der Waals surface area contributed by atoms with Crippen molar-refractivity contribution in [3.8, 4) is 5.75 Å². The fraction of sp³-hybridized carbons (Fsp3) is 0.167. The van der Waals surface area contributed by atoms with Crippen molar-refractivity contribution in [3.63, 3.8) is 0 Å². The number of para-hydroxylation sites is 1. The van der Waals surface area contributed by atoms with Gasteiger partial charge in [0.2, 0.25) is 5.78 Å². The van der Waals surface area contributed by atoms with E-state index in [0.29, 0.717) is 6.08 Å². The van der Waals surface area contributed by atoms with E-state index in [-0.39, 0.29) is 23.6 Å². The number of alkyl halides is 4. The molecule has 132 valence electrons. The minimum absolute atomic E-state index is 0.0526. The quantitative estimate of drug-likeness (QED) is 0.584. The third kappa shape index (κ3) is 4.59. The van der Waals surface area contributed by atoms with Gasteiger partial charge >= 0.3 is 12.3 Å². The van der Waals surface area contributed by atoms with Crippen molar-refractivity contribution in [2.24, 2.45) is 0 Å². The summed E-state index contributed by atoms with van der Waals surface area (Å²) in [6, 6.07) is 14.5. The van der Waals surface area contributed by atoms with Gasteiger partial charge in [-0.3, -0.25) is 4.79 Å². The average molecular weight is 353 g/mol. The summed E-state index contributed by atoms with van der Waals surface area (Å²) in [4.78, 5) is 11.6. The van der Waals surface area contributed by atoms with Crippen molar-refractivity contribution in [1.29, 1.82) is 0 Å². The molecule has 0 heterocycles. The van der Waals surface area contributed by atoms with Crippen LogP contribution in [-0.4, -0.2) is 23.2 Å². The van der Waals surface area contributed by atoms with Crippen LogP contribution in [0.5, 0.6) is 5.75 Å². The Morgan fingerprint density at radius 1 is 1.08 bits per heavy atom. The Balaban J connectivity index is 2.34. The topological polar surface area (TPSA) is 49.3 Å². The fourth-order valence-corrected chi connectivity index (χ4v) is 2.05. The Morgan fingerprint density at radius 3 is 2.28 bits per heavy atom. The first-order valence-electron chi connectivity index (χ1n) is 7.30. The molecule has 0 aliphatic rings. The largest absolute Gasteiger partial charge is 0.507 e. The number of allylic oxidation sites excluding steroid dienone is 1. The highest BCUT2D eigenvalue weighted by Gasteiger charge is 2.47. The van der Waals surface area contributed by atoms with E-state index >= 15 is 0 Å². The number of carbonyl (C=O) groups is 1. The first kappa shape index (κ1) is 18.5. The molecule has 0 amide bonds. The van der Waals surface area contributed by atoms with E-state index in [1.165, 1.54) is 24.3 Å². The number of halogens is 4. The minimum Gasteiger partial charge on any atom is -0.507 e. The smallest absolute Gasteiger partial charge is 0.368 e. The second-order valence-electron chi connectivity index (χ2n) is 5.20. The zero-order chi connectivity index (χ0) is 18.4. The van der Waals surface area contributed by atoms with E-state index < -0.39 is 18.1 Å². The summed E-state index contributed by atoms with van der Waals surface area (Å²) < 4.78 is 51.2. The van der Waals surface area contributed by atoms with Crippen LogP contribution < -0.4 is 5.32 Å². The number of rotatable bonds is 7. The van der Waals surface area contributed by atoms with Crippen molar-refractivity contribution >= 4 is 11.5 Å². The number of hydrogen-bond donors (Lipinski definition) is 2. The van der Waals surface area contributed by atoms with Gasteiger partial charge in [-0.25, -0.2) is 8.78 Å². The molecular weight excluding hydrogens is 338 g/mol. The van der Waals surface area contributed by atoms with Crippen LogP contribution in [-0.2, 0) is 11.3 Å². The van der Waals surface area contributed by atoms with Crippen LogP contribution in [0.2, 0.25) is 0 Å². The lowest BCUT2D eigenvalue weighted by Crippen LogP contribution is -2.35. The van der Waals surface area contributed by atoms with E-state index in [9.17, 15) is 27.5 Å². The highest BCUT2D eigenvalue weighted by molar-refractivity contribution is 6.01. The van der Waals surface area contributed by atoms with Crippen LogP contribution in [0.1, 0.15) is 11.1 Å². The van der Waals surface area contributed by atoms with Crippen molar-refractivity contribution in [2.75, 3.05) is 0 Å². The van der Waals surface area contributed by atoms with E-state index in [2.05, 4.69) is 5.32 Å². The Labute approximate surface area is 141 Å². The molecule has 3 nitrogen and oxygen atoms in total. The molecule has 0 spiro atoms. The normalized spacial score (nSPS) is 12.3. The minimum atomic E-state index is -4.80. The van der Waals surface area contributed by atoms with Crippen LogP contribution >= 0.6 is 0 Å². The predicted octanol–water partition coefficient (Wildman–Crippen LogP) is 3.99. The second kappa shape index (κ2) is 7.83. The van der Waals surface area contributed by atoms with Crippen molar-refractivity contribution in [3.05, 3.63) is 71.8 Å². The standard InChI is InChI=1S/C18H15F4NO2/c19-17(20)18(21,22)16(25)10-14(13-8-4-5-9-15(13)24)23-11-12-6-2-1-3-7-12/h1-10,17,23-24H,11H2/b14-10-. The van der Waals surface area contributed by atoms with Gasteiger partial charge < -0.3 is 10.4 Å². The molecule has 25 heavy (non-hydrogen) atoms. The van der Waals surface area contributed by atoms with E-state index in [1.54, 1.807) is 30.3 Å². The van der Waals surface area contributed by atoms with Crippen LogP contribution in [0.15, 0.2) is 60.7 Å². The van der Waals surface area contributed by atoms with E-state index in [4.69, 9.17) is 0 Å². The molecule has 7 heteroatoms. The number of ketones is 1. The van der Waals surface area contributed by atoms with Crippen LogP contribution in [0.3, 0.4) is 0 Å². The lowest BCUT2D eigenvalue weighted by atomic mass is 10.1. The Morgan fingerprint density at radius 2 is 1.68 bits per heavy atom. The maximum Gasteiger partial charge on any atom is 0.368 e. The molecular formula is C18H15F4NO2. The molecule has 0 aliphatic carbocycles. The lowest BCUT2D eigenvalue weighted by molar-refractivity contribution is -0.161. The molecule has 0 aromatic heterocycles. The second-order valence-corrected chi connectivity index (χ2v) is 5.20. The monoisotopic (exact) mass is 353 g/mol. The van der Waals surface area contributed by atoms with Gasteiger partial charge in [0.15, 0.2) is 0 Å². The van der Waals surface area contributed by atoms with Gasteiger partial charge in [0.25, 0.3) is 0 Å². The number of aromatic hydroxyl groups is 1. The number of phenols is 1. The third-order valence-electron chi connectivity index (χ3n) is 3.40. The molecule has 0 saturated heterocycles. The molecule has 0 atom stereocenters. The lowest BCUT2D eigenvalue weighted by Gasteiger charge is -2.15.